The SMILES string of the molecule is COC(=O)[C@H](N)CC(C)CCC12CCC(CC1=O)C2(C)C. The smallest absolute Gasteiger partial charge is 0.322 e. The van der Waals surface area contributed by atoms with Crippen LogP contribution >= 0.6 is 0 Å². The molecule has 3 unspecified atom stereocenters. The van der Waals surface area contributed by atoms with Crippen LogP contribution in [-0.4, -0.2) is 24.9 Å². The summed E-state index contributed by atoms with van der Waals surface area (Å²) in [4.78, 5) is 23.9. The second-order valence-electron chi connectivity index (χ2n) is 7.68. The van der Waals surface area contributed by atoms with E-state index in [0.29, 0.717) is 24.0 Å². The quantitative estimate of drug-likeness (QED) is 0.765. The van der Waals surface area contributed by atoms with E-state index >= 15 is 0 Å². The Balaban J connectivity index is 1.93. The third kappa shape index (κ3) is 2.63. The van der Waals surface area contributed by atoms with Crippen molar-refractivity contribution in [3.8, 4) is 0 Å². The van der Waals surface area contributed by atoms with Crippen molar-refractivity contribution < 1.29 is 14.3 Å². The van der Waals surface area contributed by atoms with Gasteiger partial charge in [-0.05, 0) is 49.4 Å². The summed E-state index contributed by atoms with van der Waals surface area (Å²) in [5.41, 5.74) is 5.83. The average Bonchev–Trinajstić information content (AvgIpc) is 2.78. The zero-order valence-corrected chi connectivity index (χ0v) is 13.8. The molecule has 4 nitrogen and oxygen atoms in total. The fourth-order valence-corrected chi connectivity index (χ4v) is 4.65. The van der Waals surface area contributed by atoms with Crippen molar-refractivity contribution >= 4 is 11.8 Å². The van der Waals surface area contributed by atoms with Crippen molar-refractivity contribution in [1.29, 1.82) is 0 Å². The molecule has 4 heteroatoms. The molecule has 21 heavy (non-hydrogen) atoms. The van der Waals surface area contributed by atoms with Gasteiger partial charge in [0, 0.05) is 11.8 Å². The van der Waals surface area contributed by atoms with Crippen molar-refractivity contribution in [2.24, 2.45) is 28.4 Å². The number of methoxy groups -OCH3 is 1. The van der Waals surface area contributed by atoms with Crippen LogP contribution in [0.3, 0.4) is 0 Å². The van der Waals surface area contributed by atoms with Gasteiger partial charge in [0.25, 0.3) is 0 Å². The molecule has 2 aliphatic carbocycles. The third-order valence-electron chi connectivity index (χ3n) is 6.36. The Hall–Kier alpha value is -0.900. The lowest BCUT2D eigenvalue weighted by Crippen LogP contribution is -2.37. The minimum Gasteiger partial charge on any atom is -0.468 e. The van der Waals surface area contributed by atoms with Crippen LogP contribution in [0.1, 0.15) is 59.3 Å². The van der Waals surface area contributed by atoms with Gasteiger partial charge < -0.3 is 10.5 Å². The molecule has 0 heterocycles. The Morgan fingerprint density at radius 1 is 1.48 bits per heavy atom. The van der Waals surface area contributed by atoms with E-state index in [-0.39, 0.29) is 16.8 Å². The fraction of sp³-hybridized carbons (Fsp3) is 0.882. The Kier molecular flexibility index (Phi) is 4.48. The lowest BCUT2D eigenvalue weighted by Gasteiger charge is -2.37. The lowest BCUT2D eigenvalue weighted by atomic mass is 9.65. The molecule has 2 bridgehead atoms. The van der Waals surface area contributed by atoms with Crippen LogP contribution in [0.2, 0.25) is 0 Å². The molecule has 2 rings (SSSR count). The molecule has 2 saturated carbocycles. The summed E-state index contributed by atoms with van der Waals surface area (Å²) in [6.45, 7) is 6.64. The molecule has 0 spiro atoms. The number of rotatable bonds is 6. The van der Waals surface area contributed by atoms with Gasteiger partial charge in [-0.1, -0.05) is 20.8 Å². The molecule has 2 aliphatic rings. The molecular weight excluding hydrogens is 266 g/mol. The maximum absolute atomic E-state index is 12.5. The van der Waals surface area contributed by atoms with E-state index in [0.717, 1.165) is 25.7 Å². The Morgan fingerprint density at radius 3 is 2.62 bits per heavy atom. The molecule has 0 aromatic heterocycles. The van der Waals surface area contributed by atoms with Crippen LogP contribution in [0.4, 0.5) is 0 Å². The zero-order valence-electron chi connectivity index (χ0n) is 13.8. The van der Waals surface area contributed by atoms with Crippen LogP contribution in [0.25, 0.3) is 0 Å². The molecule has 0 saturated heterocycles. The van der Waals surface area contributed by atoms with Gasteiger partial charge in [0.1, 0.15) is 11.8 Å². The molecule has 4 atom stereocenters. The molecule has 0 amide bonds. The highest BCUT2D eigenvalue weighted by molar-refractivity contribution is 5.89. The molecule has 2 fully saturated rings. The number of ketones is 1. The van der Waals surface area contributed by atoms with E-state index in [1.54, 1.807) is 0 Å². The normalized spacial score (nSPS) is 33.0. The first-order chi connectivity index (χ1) is 9.74. The highest BCUT2D eigenvalue weighted by Crippen LogP contribution is 2.65. The molecule has 0 radical (unpaired) electrons. The lowest BCUT2D eigenvalue weighted by molar-refractivity contribution is -0.142. The number of carbonyl (C=O) groups is 2. The van der Waals surface area contributed by atoms with Gasteiger partial charge in [-0.15, -0.1) is 0 Å². The topological polar surface area (TPSA) is 69.4 Å². The van der Waals surface area contributed by atoms with Crippen molar-refractivity contribution in [2.75, 3.05) is 7.11 Å². The minimum absolute atomic E-state index is 0.124. The van der Waals surface area contributed by atoms with Crippen LogP contribution in [0.5, 0.6) is 0 Å². The number of hydrogen-bond acceptors (Lipinski definition) is 4. The van der Waals surface area contributed by atoms with Gasteiger partial charge in [-0.3, -0.25) is 9.59 Å². The molecule has 0 aliphatic heterocycles. The van der Waals surface area contributed by atoms with Crippen LogP contribution in [0, 0.1) is 22.7 Å². The van der Waals surface area contributed by atoms with E-state index < -0.39 is 6.04 Å². The summed E-state index contributed by atoms with van der Waals surface area (Å²) >= 11 is 0. The largest absolute Gasteiger partial charge is 0.468 e. The van der Waals surface area contributed by atoms with E-state index in [2.05, 4.69) is 25.5 Å². The predicted molar refractivity (Wildman–Crippen MR) is 81.6 cm³/mol. The second-order valence-corrected chi connectivity index (χ2v) is 7.68. The number of ether oxygens (including phenoxy) is 1. The Morgan fingerprint density at radius 2 is 2.14 bits per heavy atom. The maximum atomic E-state index is 12.5. The molecule has 120 valence electrons. The molecule has 0 aromatic carbocycles. The average molecular weight is 295 g/mol. The zero-order chi connectivity index (χ0) is 15.8. The molecular formula is C17H29NO3. The first-order valence-corrected chi connectivity index (χ1v) is 8.11. The number of esters is 1. The highest BCUT2D eigenvalue weighted by atomic mass is 16.5. The first kappa shape index (κ1) is 16.5. The summed E-state index contributed by atoms with van der Waals surface area (Å²) in [5, 5.41) is 0. The highest BCUT2D eigenvalue weighted by Gasteiger charge is 2.63. The number of Topliss-reactive ketones (excluding diaryl/α,β-unsaturated/α-hetero) is 1. The second kappa shape index (κ2) is 5.71. The Labute approximate surface area is 127 Å². The van der Waals surface area contributed by atoms with Crippen LogP contribution in [-0.2, 0) is 14.3 Å². The first-order valence-electron chi connectivity index (χ1n) is 8.11. The Bertz CT molecular complexity index is 432. The predicted octanol–water partition coefficient (Wildman–Crippen LogP) is 2.69. The van der Waals surface area contributed by atoms with Crippen molar-refractivity contribution in [3.05, 3.63) is 0 Å². The standard InChI is InChI=1S/C17H29NO3/c1-11(9-13(18)15(20)21-4)5-7-17-8-6-12(10-14(17)19)16(17,2)3/h11-13H,5-10,18H2,1-4H3/t11?,12?,13-,17?/m1/s1. The van der Waals surface area contributed by atoms with Crippen molar-refractivity contribution in [3.63, 3.8) is 0 Å². The number of carbonyl (C=O) groups excluding carboxylic acids is 2. The van der Waals surface area contributed by atoms with Crippen molar-refractivity contribution in [2.45, 2.75) is 65.3 Å². The molecule has 0 aromatic rings. The van der Waals surface area contributed by atoms with Crippen molar-refractivity contribution in [1.82, 2.24) is 0 Å². The van der Waals surface area contributed by atoms with Crippen LogP contribution < -0.4 is 5.73 Å². The van der Waals surface area contributed by atoms with E-state index in [1.807, 2.05) is 0 Å². The van der Waals surface area contributed by atoms with Gasteiger partial charge in [0.2, 0.25) is 0 Å². The minimum atomic E-state index is -0.550. The van der Waals surface area contributed by atoms with Crippen LogP contribution in [0.15, 0.2) is 0 Å². The van der Waals surface area contributed by atoms with Gasteiger partial charge in [-0.25, -0.2) is 0 Å². The number of hydrogen-bond donors (Lipinski definition) is 1. The summed E-state index contributed by atoms with van der Waals surface area (Å²) in [6, 6.07) is -0.550. The maximum Gasteiger partial charge on any atom is 0.322 e. The van der Waals surface area contributed by atoms with Gasteiger partial charge in [-0.2, -0.15) is 0 Å². The van der Waals surface area contributed by atoms with Gasteiger partial charge in [0.15, 0.2) is 0 Å². The number of nitrogens with two attached hydrogens (primary N) is 1. The van der Waals surface area contributed by atoms with Gasteiger partial charge >= 0.3 is 5.97 Å². The fourth-order valence-electron chi connectivity index (χ4n) is 4.65. The van der Waals surface area contributed by atoms with E-state index in [4.69, 9.17) is 5.73 Å². The summed E-state index contributed by atoms with van der Waals surface area (Å²) in [7, 11) is 1.37. The summed E-state index contributed by atoms with van der Waals surface area (Å²) in [5.74, 6) is 1.01. The summed E-state index contributed by atoms with van der Waals surface area (Å²) in [6.07, 6.45) is 5.51. The molecule has 2 N–H and O–H groups in total. The third-order valence-corrected chi connectivity index (χ3v) is 6.36. The van der Waals surface area contributed by atoms with E-state index in [1.165, 1.54) is 13.5 Å². The van der Waals surface area contributed by atoms with E-state index in [9.17, 15) is 9.59 Å². The summed E-state index contributed by atoms with van der Waals surface area (Å²) < 4.78 is 4.67. The monoisotopic (exact) mass is 295 g/mol. The number of fused-ring (bicyclic) bond motifs is 2. The van der Waals surface area contributed by atoms with Gasteiger partial charge in [0.05, 0.1) is 7.11 Å².